The Bertz CT molecular complexity index is 443. The van der Waals surface area contributed by atoms with Gasteiger partial charge in [-0.1, -0.05) is 63.3 Å². The van der Waals surface area contributed by atoms with Crippen molar-refractivity contribution in [1.29, 1.82) is 0 Å². The number of halogens is 1. The first kappa shape index (κ1) is 16.8. The van der Waals surface area contributed by atoms with Crippen LogP contribution in [0.5, 0.6) is 0 Å². The van der Waals surface area contributed by atoms with E-state index in [0.29, 0.717) is 6.04 Å². The maximum absolute atomic E-state index is 6.37. The van der Waals surface area contributed by atoms with Crippen LogP contribution in [0.3, 0.4) is 0 Å². The quantitative estimate of drug-likeness (QED) is 0.689. The maximum atomic E-state index is 6.37. The molecule has 2 heteroatoms. The third-order valence-corrected chi connectivity index (χ3v) is 5.50. The summed E-state index contributed by atoms with van der Waals surface area (Å²) in [4.78, 5) is 0. The number of benzene rings is 1. The number of rotatable bonds is 6. The predicted octanol–water partition coefficient (Wildman–Crippen LogP) is 5.91. The van der Waals surface area contributed by atoms with Gasteiger partial charge in [0.1, 0.15) is 0 Å². The Labute approximate surface area is 135 Å². The molecule has 0 radical (unpaired) electrons. The number of hydrogen-bond donors (Lipinski definition) is 1. The van der Waals surface area contributed by atoms with Crippen molar-refractivity contribution in [3.63, 3.8) is 0 Å². The van der Waals surface area contributed by atoms with Crippen LogP contribution in [0.1, 0.15) is 69.5 Å². The second-order valence-corrected chi connectivity index (χ2v) is 6.96. The van der Waals surface area contributed by atoms with Crippen LogP contribution in [0.25, 0.3) is 0 Å². The second kappa shape index (κ2) is 8.19. The molecule has 1 saturated carbocycles. The molecule has 1 aromatic rings. The molecule has 0 aromatic heterocycles. The molecular formula is C19H30ClN. The number of aryl methyl sites for hydroxylation is 1. The zero-order chi connectivity index (χ0) is 15.2. The minimum absolute atomic E-state index is 0.466. The van der Waals surface area contributed by atoms with E-state index in [9.17, 15) is 0 Å². The zero-order valence-corrected chi connectivity index (χ0v) is 14.5. The van der Waals surface area contributed by atoms with Gasteiger partial charge in [0.2, 0.25) is 0 Å². The molecule has 1 nitrogen and oxygen atoms in total. The van der Waals surface area contributed by atoms with E-state index in [-0.39, 0.29) is 0 Å². The molecule has 0 saturated heterocycles. The number of hydrogen-bond acceptors (Lipinski definition) is 1. The summed E-state index contributed by atoms with van der Waals surface area (Å²) in [6.07, 6.45) is 8.01. The van der Waals surface area contributed by atoms with Crippen molar-refractivity contribution >= 4 is 11.6 Å². The van der Waals surface area contributed by atoms with Gasteiger partial charge < -0.3 is 5.32 Å². The Balaban J connectivity index is 2.25. The largest absolute Gasteiger partial charge is 0.310 e. The lowest BCUT2D eigenvalue weighted by Gasteiger charge is -2.38. The van der Waals surface area contributed by atoms with Crippen LogP contribution in [-0.4, -0.2) is 6.54 Å². The van der Waals surface area contributed by atoms with Crippen LogP contribution in [0.2, 0.25) is 5.02 Å². The fourth-order valence-electron chi connectivity index (χ4n) is 3.80. The lowest BCUT2D eigenvalue weighted by molar-refractivity contribution is 0.175. The summed E-state index contributed by atoms with van der Waals surface area (Å²) in [5, 5.41) is 4.71. The fourth-order valence-corrected chi connectivity index (χ4v) is 3.99. The Morgan fingerprint density at radius 2 is 2.00 bits per heavy atom. The highest BCUT2D eigenvalue weighted by Gasteiger charge is 2.31. The highest BCUT2D eigenvalue weighted by Crippen LogP contribution is 2.40. The van der Waals surface area contributed by atoms with E-state index in [4.69, 9.17) is 11.6 Å². The van der Waals surface area contributed by atoms with E-state index < -0.39 is 0 Å². The summed E-state index contributed by atoms with van der Waals surface area (Å²) in [5.41, 5.74) is 2.55. The van der Waals surface area contributed by atoms with E-state index in [2.05, 4.69) is 44.3 Å². The molecule has 1 aliphatic carbocycles. The van der Waals surface area contributed by atoms with Gasteiger partial charge in [-0.05, 0) is 55.3 Å². The van der Waals surface area contributed by atoms with E-state index in [0.717, 1.165) is 23.4 Å². The van der Waals surface area contributed by atoms with Crippen molar-refractivity contribution in [2.24, 2.45) is 11.8 Å². The molecule has 0 spiro atoms. The monoisotopic (exact) mass is 307 g/mol. The minimum atomic E-state index is 0.466. The highest BCUT2D eigenvalue weighted by atomic mass is 35.5. The molecule has 0 aliphatic heterocycles. The van der Waals surface area contributed by atoms with Gasteiger partial charge in [0.05, 0.1) is 0 Å². The number of nitrogens with one attached hydrogen (secondary N) is 1. The van der Waals surface area contributed by atoms with Gasteiger partial charge in [0, 0.05) is 11.1 Å². The molecule has 21 heavy (non-hydrogen) atoms. The van der Waals surface area contributed by atoms with Gasteiger partial charge in [0.25, 0.3) is 0 Å². The van der Waals surface area contributed by atoms with Crippen molar-refractivity contribution in [2.75, 3.05) is 6.54 Å². The first-order valence-electron chi connectivity index (χ1n) is 8.66. The SMILES string of the molecule is CCCNC(c1ccc(C)c(Cl)c1)C1CCCCC1CC. The van der Waals surface area contributed by atoms with Crippen molar-refractivity contribution in [2.45, 2.75) is 65.3 Å². The predicted molar refractivity (Wildman–Crippen MR) is 93.0 cm³/mol. The third kappa shape index (κ3) is 4.23. The summed E-state index contributed by atoms with van der Waals surface area (Å²) in [5.74, 6) is 1.61. The summed E-state index contributed by atoms with van der Waals surface area (Å²) in [7, 11) is 0. The topological polar surface area (TPSA) is 12.0 Å². The van der Waals surface area contributed by atoms with Crippen LogP contribution in [0.15, 0.2) is 18.2 Å². The standard InChI is InChI=1S/C19H30ClN/c1-4-12-21-19(16-11-10-14(3)18(20)13-16)17-9-7-6-8-15(17)5-2/h10-11,13,15,17,19,21H,4-9,12H2,1-3H3. The van der Waals surface area contributed by atoms with Gasteiger partial charge in [-0.2, -0.15) is 0 Å². The first-order chi connectivity index (χ1) is 10.2. The molecule has 2 rings (SSSR count). The minimum Gasteiger partial charge on any atom is -0.310 e. The summed E-state index contributed by atoms with van der Waals surface area (Å²) < 4.78 is 0. The smallest absolute Gasteiger partial charge is 0.0438 e. The first-order valence-corrected chi connectivity index (χ1v) is 9.04. The fraction of sp³-hybridized carbons (Fsp3) is 0.684. The van der Waals surface area contributed by atoms with Crippen molar-refractivity contribution in [3.05, 3.63) is 34.3 Å². The van der Waals surface area contributed by atoms with Crippen LogP contribution < -0.4 is 5.32 Å². The van der Waals surface area contributed by atoms with Crippen molar-refractivity contribution in [1.82, 2.24) is 5.32 Å². The lowest BCUT2D eigenvalue weighted by atomic mass is 9.72. The van der Waals surface area contributed by atoms with Crippen LogP contribution in [0, 0.1) is 18.8 Å². The summed E-state index contributed by atoms with van der Waals surface area (Å²) in [6.45, 7) is 7.76. The average molecular weight is 308 g/mol. The zero-order valence-electron chi connectivity index (χ0n) is 13.8. The van der Waals surface area contributed by atoms with Crippen LogP contribution in [0.4, 0.5) is 0 Å². The van der Waals surface area contributed by atoms with Crippen LogP contribution >= 0.6 is 11.6 Å². The van der Waals surface area contributed by atoms with Gasteiger partial charge in [-0.25, -0.2) is 0 Å². The molecule has 1 aliphatic rings. The second-order valence-electron chi connectivity index (χ2n) is 6.56. The third-order valence-electron chi connectivity index (χ3n) is 5.09. The molecule has 0 bridgehead atoms. The highest BCUT2D eigenvalue weighted by molar-refractivity contribution is 6.31. The van der Waals surface area contributed by atoms with E-state index in [1.54, 1.807) is 0 Å². The maximum Gasteiger partial charge on any atom is 0.0438 e. The molecule has 0 amide bonds. The molecule has 1 N–H and O–H groups in total. The van der Waals surface area contributed by atoms with E-state index in [1.807, 2.05) is 0 Å². The Morgan fingerprint density at radius 3 is 2.67 bits per heavy atom. The Kier molecular flexibility index (Phi) is 6.57. The Hall–Kier alpha value is -0.530. The van der Waals surface area contributed by atoms with Crippen molar-refractivity contribution in [3.8, 4) is 0 Å². The molecule has 3 unspecified atom stereocenters. The van der Waals surface area contributed by atoms with E-state index >= 15 is 0 Å². The molecule has 3 atom stereocenters. The van der Waals surface area contributed by atoms with Gasteiger partial charge >= 0.3 is 0 Å². The summed E-state index contributed by atoms with van der Waals surface area (Å²) in [6, 6.07) is 7.09. The van der Waals surface area contributed by atoms with Gasteiger partial charge in [-0.3, -0.25) is 0 Å². The molecule has 118 valence electrons. The lowest BCUT2D eigenvalue weighted by Crippen LogP contribution is -2.35. The Morgan fingerprint density at radius 1 is 1.24 bits per heavy atom. The molecule has 1 fully saturated rings. The van der Waals surface area contributed by atoms with E-state index in [1.165, 1.54) is 49.7 Å². The molecule has 1 aromatic carbocycles. The van der Waals surface area contributed by atoms with Crippen molar-refractivity contribution < 1.29 is 0 Å². The normalized spacial score (nSPS) is 24.0. The van der Waals surface area contributed by atoms with Crippen LogP contribution in [-0.2, 0) is 0 Å². The average Bonchev–Trinajstić information content (AvgIpc) is 2.51. The molecule has 0 heterocycles. The van der Waals surface area contributed by atoms with Gasteiger partial charge in [-0.15, -0.1) is 0 Å². The van der Waals surface area contributed by atoms with Gasteiger partial charge in [0.15, 0.2) is 0 Å². The molecular weight excluding hydrogens is 278 g/mol. The summed E-state index contributed by atoms with van der Waals surface area (Å²) >= 11 is 6.37.